The van der Waals surface area contributed by atoms with Gasteiger partial charge < -0.3 is 9.84 Å². The zero-order chi connectivity index (χ0) is 18.4. The summed E-state index contributed by atoms with van der Waals surface area (Å²) in [6.45, 7) is 9.26. The molecule has 1 aliphatic carbocycles. The number of hydrogen-bond acceptors (Lipinski definition) is 3. The average molecular weight is 347 g/mol. The third-order valence-electron chi connectivity index (χ3n) is 5.98. The van der Waals surface area contributed by atoms with Crippen molar-refractivity contribution >= 4 is 5.97 Å². The topological polar surface area (TPSA) is 46.5 Å². The maximum atomic E-state index is 12.4. The van der Waals surface area contributed by atoms with Crippen LogP contribution in [0.2, 0.25) is 0 Å². The van der Waals surface area contributed by atoms with E-state index in [0.717, 1.165) is 31.6 Å². The molecule has 0 bridgehead atoms. The Balaban J connectivity index is 1.98. The molecule has 3 atom stereocenters. The van der Waals surface area contributed by atoms with Crippen LogP contribution in [0.15, 0.2) is 24.3 Å². The van der Waals surface area contributed by atoms with E-state index >= 15 is 0 Å². The lowest BCUT2D eigenvalue weighted by Gasteiger charge is -2.43. The molecule has 0 heterocycles. The van der Waals surface area contributed by atoms with E-state index in [-0.39, 0.29) is 17.4 Å². The molecular formula is C22H34O3. The molecule has 1 aromatic rings. The van der Waals surface area contributed by atoms with E-state index in [4.69, 9.17) is 4.74 Å². The molecular weight excluding hydrogens is 312 g/mol. The Morgan fingerprint density at radius 3 is 2.68 bits per heavy atom. The molecule has 0 saturated heterocycles. The number of rotatable bonds is 7. The monoisotopic (exact) mass is 346 g/mol. The van der Waals surface area contributed by atoms with E-state index in [9.17, 15) is 9.90 Å². The zero-order valence-corrected chi connectivity index (χ0v) is 16.3. The molecule has 1 N–H and O–H groups in total. The lowest BCUT2D eigenvalue weighted by Crippen LogP contribution is -2.34. The van der Waals surface area contributed by atoms with Crippen molar-refractivity contribution in [2.45, 2.75) is 78.7 Å². The molecule has 0 amide bonds. The van der Waals surface area contributed by atoms with Gasteiger partial charge >= 0.3 is 5.97 Å². The number of hydrogen-bond donors (Lipinski definition) is 1. The van der Waals surface area contributed by atoms with E-state index in [1.54, 1.807) is 18.2 Å². The van der Waals surface area contributed by atoms with Crippen LogP contribution >= 0.6 is 0 Å². The summed E-state index contributed by atoms with van der Waals surface area (Å²) in [5.74, 6) is 1.00. The normalized spacial score (nSPS) is 23.8. The second-order valence-corrected chi connectivity index (χ2v) is 8.38. The van der Waals surface area contributed by atoms with Gasteiger partial charge in [0, 0.05) is 0 Å². The van der Waals surface area contributed by atoms with Gasteiger partial charge in [-0.15, -0.1) is 0 Å². The average Bonchev–Trinajstić information content (AvgIpc) is 2.54. The van der Waals surface area contributed by atoms with Crippen LogP contribution in [0.5, 0.6) is 5.75 Å². The first-order chi connectivity index (χ1) is 11.8. The molecule has 1 fully saturated rings. The predicted octanol–water partition coefficient (Wildman–Crippen LogP) is 5.96. The van der Waals surface area contributed by atoms with Crippen LogP contribution in [0, 0.1) is 17.3 Å². The number of benzene rings is 1. The highest BCUT2D eigenvalue weighted by Crippen LogP contribution is 2.46. The van der Waals surface area contributed by atoms with Crippen LogP contribution in [0.1, 0.15) is 83.0 Å². The molecule has 140 valence electrons. The third kappa shape index (κ3) is 5.23. The fourth-order valence-corrected chi connectivity index (χ4v) is 4.52. The Morgan fingerprint density at radius 1 is 1.32 bits per heavy atom. The van der Waals surface area contributed by atoms with E-state index in [0.29, 0.717) is 11.3 Å². The largest absolute Gasteiger partial charge is 0.507 e. The Bertz CT molecular complexity index is 564. The molecule has 0 radical (unpaired) electrons. The number of aromatic hydroxyl groups is 1. The molecule has 3 heteroatoms. The van der Waals surface area contributed by atoms with Gasteiger partial charge in [-0.05, 0) is 55.1 Å². The van der Waals surface area contributed by atoms with Crippen molar-refractivity contribution in [1.29, 1.82) is 0 Å². The molecule has 25 heavy (non-hydrogen) atoms. The summed E-state index contributed by atoms with van der Waals surface area (Å²) in [6, 6.07) is 6.60. The molecule has 3 nitrogen and oxygen atoms in total. The number of phenolic OH excluding ortho intramolecular Hbond substituents is 1. The number of para-hydroxylation sites is 1. The summed E-state index contributed by atoms with van der Waals surface area (Å²) in [6.07, 6.45) is 7.73. The number of carbonyl (C=O) groups is 1. The van der Waals surface area contributed by atoms with E-state index in [1.165, 1.54) is 25.3 Å². The van der Waals surface area contributed by atoms with Crippen molar-refractivity contribution in [1.82, 2.24) is 0 Å². The van der Waals surface area contributed by atoms with Gasteiger partial charge in [-0.3, -0.25) is 0 Å². The van der Waals surface area contributed by atoms with Crippen molar-refractivity contribution in [3.05, 3.63) is 29.8 Å². The van der Waals surface area contributed by atoms with Gasteiger partial charge in [0.05, 0.1) is 0 Å². The van der Waals surface area contributed by atoms with Gasteiger partial charge in [-0.1, -0.05) is 59.1 Å². The van der Waals surface area contributed by atoms with Gasteiger partial charge in [0.25, 0.3) is 0 Å². The summed E-state index contributed by atoms with van der Waals surface area (Å²) >= 11 is 0. The van der Waals surface area contributed by atoms with E-state index < -0.39 is 5.97 Å². The highest BCUT2D eigenvalue weighted by atomic mass is 16.5. The SMILES string of the molecule is CCCC(CC[C@@H]1[C@@H](C)CCCC1(C)C)OC(=O)c1ccccc1O. The van der Waals surface area contributed by atoms with Crippen LogP contribution in [-0.2, 0) is 4.74 Å². The number of ether oxygens (including phenoxy) is 1. The standard InChI is InChI=1S/C22H34O3/c1-5-9-17(25-21(24)18-11-6-7-12-20(18)23)13-14-19-16(2)10-8-15-22(19,3)4/h6-7,11-12,16-17,19,23H,5,8-10,13-15H2,1-4H3/t16-,17?,19+/m0/s1. The molecule has 0 spiro atoms. The van der Waals surface area contributed by atoms with Crippen LogP contribution in [0.25, 0.3) is 0 Å². The predicted molar refractivity (Wildman–Crippen MR) is 102 cm³/mol. The Hall–Kier alpha value is -1.51. The fourth-order valence-electron chi connectivity index (χ4n) is 4.52. The maximum Gasteiger partial charge on any atom is 0.342 e. The minimum Gasteiger partial charge on any atom is -0.507 e. The lowest BCUT2D eigenvalue weighted by atomic mass is 9.62. The minimum absolute atomic E-state index is 0.00946. The number of carbonyl (C=O) groups excluding carboxylic acids is 1. The first kappa shape index (κ1) is 19.8. The molecule has 1 unspecified atom stereocenters. The van der Waals surface area contributed by atoms with E-state index in [1.807, 2.05) is 0 Å². The molecule has 2 rings (SSSR count). The van der Waals surface area contributed by atoms with Crippen LogP contribution in [0.4, 0.5) is 0 Å². The molecule has 0 aromatic heterocycles. The molecule has 1 aromatic carbocycles. The van der Waals surface area contributed by atoms with Gasteiger partial charge in [-0.25, -0.2) is 4.79 Å². The zero-order valence-electron chi connectivity index (χ0n) is 16.3. The smallest absolute Gasteiger partial charge is 0.342 e. The van der Waals surface area contributed by atoms with Crippen LogP contribution in [0.3, 0.4) is 0 Å². The summed E-state index contributed by atoms with van der Waals surface area (Å²) in [4.78, 5) is 12.4. The summed E-state index contributed by atoms with van der Waals surface area (Å²) in [5.41, 5.74) is 0.630. The minimum atomic E-state index is -0.410. The summed E-state index contributed by atoms with van der Waals surface area (Å²) < 4.78 is 5.75. The van der Waals surface area contributed by atoms with Gasteiger partial charge in [0.2, 0.25) is 0 Å². The molecule has 1 saturated carbocycles. The maximum absolute atomic E-state index is 12.4. The summed E-state index contributed by atoms with van der Waals surface area (Å²) in [7, 11) is 0. The fraction of sp³-hybridized carbons (Fsp3) is 0.682. The first-order valence-electron chi connectivity index (χ1n) is 9.84. The summed E-state index contributed by atoms with van der Waals surface area (Å²) in [5, 5.41) is 9.86. The van der Waals surface area contributed by atoms with Crippen molar-refractivity contribution in [3.63, 3.8) is 0 Å². The number of esters is 1. The van der Waals surface area contributed by atoms with Crippen molar-refractivity contribution < 1.29 is 14.6 Å². The second-order valence-electron chi connectivity index (χ2n) is 8.38. The van der Waals surface area contributed by atoms with Crippen LogP contribution < -0.4 is 0 Å². The molecule has 0 aliphatic heterocycles. The van der Waals surface area contributed by atoms with Gasteiger partial charge in [-0.2, -0.15) is 0 Å². The van der Waals surface area contributed by atoms with Crippen LogP contribution in [-0.4, -0.2) is 17.2 Å². The first-order valence-corrected chi connectivity index (χ1v) is 9.84. The van der Waals surface area contributed by atoms with E-state index in [2.05, 4.69) is 27.7 Å². The highest BCUT2D eigenvalue weighted by Gasteiger charge is 2.36. The highest BCUT2D eigenvalue weighted by molar-refractivity contribution is 5.92. The van der Waals surface area contributed by atoms with Crippen molar-refractivity contribution in [2.24, 2.45) is 17.3 Å². The Morgan fingerprint density at radius 2 is 2.04 bits per heavy atom. The van der Waals surface area contributed by atoms with Gasteiger partial charge in [0.1, 0.15) is 17.4 Å². The number of phenols is 1. The Labute approximate surface area is 152 Å². The van der Waals surface area contributed by atoms with Crippen molar-refractivity contribution in [3.8, 4) is 5.75 Å². The van der Waals surface area contributed by atoms with Gasteiger partial charge in [0.15, 0.2) is 0 Å². The third-order valence-corrected chi connectivity index (χ3v) is 5.98. The van der Waals surface area contributed by atoms with Crippen molar-refractivity contribution in [2.75, 3.05) is 0 Å². The molecule has 1 aliphatic rings. The Kier molecular flexibility index (Phi) is 6.92. The quantitative estimate of drug-likeness (QED) is 0.620. The lowest BCUT2D eigenvalue weighted by molar-refractivity contribution is 0.0158. The second kappa shape index (κ2) is 8.73.